The summed E-state index contributed by atoms with van der Waals surface area (Å²) >= 11 is 0. The van der Waals surface area contributed by atoms with E-state index in [4.69, 9.17) is 4.74 Å². The number of para-hydroxylation sites is 1. The van der Waals surface area contributed by atoms with Gasteiger partial charge in [0.25, 0.3) is 0 Å². The van der Waals surface area contributed by atoms with Gasteiger partial charge in [0.2, 0.25) is 5.91 Å². The second kappa shape index (κ2) is 10.9. The highest BCUT2D eigenvalue weighted by molar-refractivity contribution is 5.98. The van der Waals surface area contributed by atoms with E-state index in [1.54, 1.807) is 24.3 Å². The van der Waals surface area contributed by atoms with Gasteiger partial charge in [0.15, 0.2) is 5.78 Å². The van der Waals surface area contributed by atoms with Crippen LogP contribution in [0.4, 0.5) is 5.69 Å². The molecule has 26 heavy (non-hydrogen) atoms. The fraction of sp³-hybridized carbons (Fsp3) is 0.333. The smallest absolute Gasteiger partial charge is 0.238 e. The average molecular weight is 354 g/mol. The summed E-state index contributed by atoms with van der Waals surface area (Å²) in [5.74, 6) is 0.484. The monoisotopic (exact) mass is 354 g/mol. The number of carbonyl (C=O) groups excluding carboxylic acids is 2. The first-order valence-electron chi connectivity index (χ1n) is 9.05. The van der Waals surface area contributed by atoms with Crippen molar-refractivity contribution in [1.29, 1.82) is 0 Å². The van der Waals surface area contributed by atoms with Crippen LogP contribution in [0, 0.1) is 0 Å². The first-order valence-corrected chi connectivity index (χ1v) is 9.05. The summed E-state index contributed by atoms with van der Waals surface area (Å²) in [4.78, 5) is 24.0. The minimum Gasteiger partial charge on any atom is -0.494 e. The minimum atomic E-state index is -0.224. The van der Waals surface area contributed by atoms with Crippen LogP contribution in [0.2, 0.25) is 0 Å². The second-order valence-corrected chi connectivity index (χ2v) is 6.04. The van der Waals surface area contributed by atoms with E-state index in [2.05, 4.69) is 17.8 Å². The molecule has 0 bridgehead atoms. The van der Waals surface area contributed by atoms with E-state index in [9.17, 15) is 9.59 Å². The number of hydrogen-bond donors (Lipinski definition) is 2. The topological polar surface area (TPSA) is 67.4 Å². The van der Waals surface area contributed by atoms with Gasteiger partial charge in [0, 0.05) is 18.4 Å². The number of unbranched alkanes of at least 4 members (excludes halogenated alkanes) is 2. The zero-order chi connectivity index (χ0) is 18.6. The number of nitrogens with one attached hydrogen (secondary N) is 2. The number of hydrogen-bond acceptors (Lipinski definition) is 4. The lowest BCUT2D eigenvalue weighted by Gasteiger charge is -2.08. The van der Waals surface area contributed by atoms with Crippen LogP contribution in [-0.2, 0) is 4.79 Å². The minimum absolute atomic E-state index is 0.0580. The summed E-state index contributed by atoms with van der Waals surface area (Å²) in [6, 6.07) is 16.4. The van der Waals surface area contributed by atoms with Gasteiger partial charge in [-0.25, -0.2) is 0 Å². The molecule has 2 rings (SSSR count). The van der Waals surface area contributed by atoms with Crippen molar-refractivity contribution in [2.24, 2.45) is 0 Å². The van der Waals surface area contributed by atoms with E-state index < -0.39 is 0 Å². The highest BCUT2D eigenvalue weighted by atomic mass is 16.5. The number of carbonyl (C=O) groups is 2. The summed E-state index contributed by atoms with van der Waals surface area (Å²) in [5.41, 5.74) is 6.79. The number of benzene rings is 2. The van der Waals surface area contributed by atoms with Crippen molar-refractivity contribution >= 4 is 17.4 Å². The third-order valence-corrected chi connectivity index (χ3v) is 3.89. The first kappa shape index (κ1) is 19.5. The van der Waals surface area contributed by atoms with Crippen molar-refractivity contribution in [2.75, 3.05) is 12.0 Å². The van der Waals surface area contributed by atoms with Gasteiger partial charge >= 0.3 is 0 Å². The van der Waals surface area contributed by atoms with Gasteiger partial charge in [0.1, 0.15) is 5.75 Å². The molecule has 5 nitrogen and oxygen atoms in total. The van der Waals surface area contributed by atoms with Gasteiger partial charge in [0.05, 0.1) is 12.3 Å². The molecule has 0 unspecified atom stereocenters. The number of amides is 1. The molecular formula is C21H26N2O3. The van der Waals surface area contributed by atoms with Gasteiger partial charge in [-0.15, -0.1) is 0 Å². The van der Waals surface area contributed by atoms with E-state index in [0.29, 0.717) is 12.2 Å². The standard InChI is InChI=1S/C21H26N2O3/c1-2-3-7-16-26-19-12-10-17(11-13-19)20(24)14-15-21(25)23-22-18-8-5-4-6-9-18/h4-6,8-13,22H,2-3,7,14-16H2,1H3,(H,23,25). The van der Waals surface area contributed by atoms with Gasteiger partial charge in [-0.05, 0) is 42.8 Å². The third kappa shape index (κ3) is 6.97. The maximum atomic E-state index is 12.2. The van der Waals surface area contributed by atoms with Crippen molar-refractivity contribution in [3.8, 4) is 5.75 Å². The molecule has 2 aromatic carbocycles. The van der Waals surface area contributed by atoms with Crippen molar-refractivity contribution in [2.45, 2.75) is 39.0 Å². The lowest BCUT2D eigenvalue weighted by atomic mass is 10.1. The van der Waals surface area contributed by atoms with Crippen LogP contribution in [-0.4, -0.2) is 18.3 Å². The van der Waals surface area contributed by atoms with Gasteiger partial charge in [-0.3, -0.25) is 20.4 Å². The number of ether oxygens (including phenoxy) is 1. The van der Waals surface area contributed by atoms with E-state index in [1.807, 2.05) is 30.3 Å². The molecule has 0 heterocycles. The molecule has 2 N–H and O–H groups in total. The summed E-state index contributed by atoms with van der Waals surface area (Å²) in [5, 5.41) is 0. The third-order valence-electron chi connectivity index (χ3n) is 3.89. The maximum absolute atomic E-state index is 12.2. The Morgan fingerprint density at radius 1 is 0.923 bits per heavy atom. The number of anilines is 1. The number of Topliss-reactive ketones (excluding diaryl/α,β-unsaturated/α-hetero) is 1. The predicted molar refractivity (Wildman–Crippen MR) is 103 cm³/mol. The molecule has 2 aromatic rings. The largest absolute Gasteiger partial charge is 0.494 e. The summed E-state index contributed by atoms with van der Waals surface area (Å²) in [7, 11) is 0. The lowest BCUT2D eigenvalue weighted by Crippen LogP contribution is -2.29. The molecule has 1 amide bonds. The highest BCUT2D eigenvalue weighted by Crippen LogP contribution is 2.15. The molecule has 0 aliphatic carbocycles. The second-order valence-electron chi connectivity index (χ2n) is 6.04. The Morgan fingerprint density at radius 2 is 1.65 bits per heavy atom. The van der Waals surface area contributed by atoms with Crippen LogP contribution < -0.4 is 15.6 Å². The van der Waals surface area contributed by atoms with Crippen LogP contribution in [0.3, 0.4) is 0 Å². The Labute approximate surface area is 154 Å². The fourth-order valence-corrected chi connectivity index (χ4v) is 2.38. The van der Waals surface area contributed by atoms with Crippen LogP contribution in [0.25, 0.3) is 0 Å². The van der Waals surface area contributed by atoms with Crippen LogP contribution >= 0.6 is 0 Å². The van der Waals surface area contributed by atoms with Crippen molar-refractivity contribution in [1.82, 2.24) is 5.43 Å². The maximum Gasteiger partial charge on any atom is 0.238 e. The highest BCUT2D eigenvalue weighted by Gasteiger charge is 2.09. The molecule has 5 heteroatoms. The van der Waals surface area contributed by atoms with Crippen molar-refractivity contribution in [3.63, 3.8) is 0 Å². The Morgan fingerprint density at radius 3 is 2.35 bits per heavy atom. The van der Waals surface area contributed by atoms with Crippen LogP contribution in [0.1, 0.15) is 49.4 Å². The Hall–Kier alpha value is -2.82. The summed E-state index contributed by atoms with van der Waals surface area (Å²) in [6.45, 7) is 2.84. The lowest BCUT2D eigenvalue weighted by molar-refractivity contribution is -0.120. The number of hydrazine groups is 1. The average Bonchev–Trinajstić information content (AvgIpc) is 2.69. The molecule has 0 atom stereocenters. The molecule has 0 aliphatic rings. The van der Waals surface area contributed by atoms with Crippen molar-refractivity contribution in [3.05, 3.63) is 60.2 Å². The number of ketones is 1. The molecular weight excluding hydrogens is 328 g/mol. The molecule has 138 valence electrons. The van der Waals surface area contributed by atoms with E-state index >= 15 is 0 Å². The fourth-order valence-electron chi connectivity index (χ4n) is 2.38. The van der Waals surface area contributed by atoms with Crippen molar-refractivity contribution < 1.29 is 14.3 Å². The van der Waals surface area contributed by atoms with E-state index in [1.165, 1.54) is 0 Å². The summed E-state index contributed by atoms with van der Waals surface area (Å²) < 4.78 is 5.63. The van der Waals surface area contributed by atoms with Crippen LogP contribution in [0.5, 0.6) is 5.75 Å². The quantitative estimate of drug-likeness (QED) is 0.357. The molecule has 0 aromatic heterocycles. The number of rotatable bonds is 11. The van der Waals surface area contributed by atoms with E-state index in [0.717, 1.165) is 30.7 Å². The summed E-state index contributed by atoms with van der Waals surface area (Å²) in [6.07, 6.45) is 3.64. The Bertz CT molecular complexity index is 684. The first-order chi connectivity index (χ1) is 12.7. The Kier molecular flexibility index (Phi) is 8.19. The zero-order valence-electron chi connectivity index (χ0n) is 15.2. The van der Waals surface area contributed by atoms with Crippen LogP contribution in [0.15, 0.2) is 54.6 Å². The molecule has 0 aliphatic heterocycles. The van der Waals surface area contributed by atoms with Gasteiger partial charge < -0.3 is 4.74 Å². The zero-order valence-corrected chi connectivity index (χ0v) is 15.2. The van der Waals surface area contributed by atoms with Gasteiger partial charge in [-0.1, -0.05) is 38.0 Å². The van der Waals surface area contributed by atoms with E-state index in [-0.39, 0.29) is 24.5 Å². The molecule has 0 saturated heterocycles. The molecule has 0 spiro atoms. The molecule has 0 radical (unpaired) electrons. The van der Waals surface area contributed by atoms with Gasteiger partial charge in [-0.2, -0.15) is 0 Å². The molecule has 0 saturated carbocycles. The normalized spacial score (nSPS) is 10.2. The molecule has 0 fully saturated rings. The SMILES string of the molecule is CCCCCOc1ccc(C(=O)CCC(=O)NNc2ccccc2)cc1. The predicted octanol–water partition coefficient (Wildman–Crippen LogP) is 4.36. The Balaban J connectivity index is 1.70.